The Hall–Kier alpha value is -0.950. The van der Waals surface area contributed by atoms with Crippen molar-refractivity contribution in [2.75, 3.05) is 13.3 Å². The van der Waals surface area contributed by atoms with Gasteiger partial charge in [0.2, 0.25) is 0 Å². The first-order valence-electron chi connectivity index (χ1n) is 6.13. The van der Waals surface area contributed by atoms with E-state index in [9.17, 15) is 8.42 Å². The second-order valence-electron chi connectivity index (χ2n) is 4.53. The molecule has 0 saturated carbocycles. The molecule has 1 rings (SSSR count). The summed E-state index contributed by atoms with van der Waals surface area (Å²) in [7, 11) is -1.29. The number of aryl methyl sites for hydroxylation is 1. The van der Waals surface area contributed by atoms with E-state index in [1.807, 2.05) is 4.68 Å². The van der Waals surface area contributed by atoms with E-state index in [0.717, 1.165) is 18.8 Å². The van der Waals surface area contributed by atoms with Gasteiger partial charge in [-0.15, -0.1) is 0 Å². The van der Waals surface area contributed by atoms with Gasteiger partial charge in [0.1, 0.15) is 12.2 Å². The lowest BCUT2D eigenvalue weighted by molar-refractivity contribution is 0.484. The zero-order valence-electron chi connectivity index (χ0n) is 11.4. The second kappa shape index (κ2) is 6.29. The minimum Gasteiger partial charge on any atom is -0.315 e. The van der Waals surface area contributed by atoms with Gasteiger partial charge in [-0.05, 0) is 20.4 Å². The molecule has 0 amide bonds. The molecule has 1 N–H and O–H groups in total. The molecule has 6 nitrogen and oxygen atoms in total. The lowest BCUT2D eigenvalue weighted by Crippen LogP contribution is -2.42. The summed E-state index contributed by atoms with van der Waals surface area (Å²) >= 11 is 0. The molecule has 0 aliphatic carbocycles. The van der Waals surface area contributed by atoms with E-state index in [0.29, 0.717) is 6.42 Å². The van der Waals surface area contributed by atoms with Gasteiger partial charge in [0.15, 0.2) is 9.84 Å². The fraction of sp³-hybridized carbons (Fsp3) is 0.818. The van der Waals surface area contributed by atoms with Crippen molar-refractivity contribution in [3.63, 3.8) is 0 Å². The van der Waals surface area contributed by atoms with Crippen LogP contribution < -0.4 is 5.32 Å². The normalized spacial score (nSPS) is 15.6. The first kappa shape index (κ1) is 15.1. The Morgan fingerprint density at radius 3 is 2.67 bits per heavy atom. The third-order valence-electron chi connectivity index (χ3n) is 3.15. The van der Waals surface area contributed by atoms with Crippen LogP contribution in [0.1, 0.15) is 26.1 Å². The van der Waals surface area contributed by atoms with Gasteiger partial charge in [-0.25, -0.2) is 13.4 Å². The van der Waals surface area contributed by atoms with Crippen LogP contribution in [0.15, 0.2) is 6.33 Å². The number of nitrogens with one attached hydrogen (secondary N) is 1. The highest BCUT2D eigenvalue weighted by Gasteiger charge is 2.26. The van der Waals surface area contributed by atoms with Crippen LogP contribution in [0.5, 0.6) is 0 Å². The van der Waals surface area contributed by atoms with Crippen molar-refractivity contribution in [1.82, 2.24) is 20.1 Å². The van der Waals surface area contributed by atoms with Crippen molar-refractivity contribution in [3.8, 4) is 0 Å². The molecule has 104 valence electrons. The Labute approximate surface area is 109 Å². The topological polar surface area (TPSA) is 76.9 Å². The van der Waals surface area contributed by atoms with Gasteiger partial charge in [0.25, 0.3) is 0 Å². The summed E-state index contributed by atoms with van der Waals surface area (Å²) in [4.78, 5) is 4.20. The number of aromatic nitrogens is 3. The third-order valence-corrected chi connectivity index (χ3v) is 4.83. The van der Waals surface area contributed by atoms with Gasteiger partial charge in [0, 0.05) is 25.3 Å². The van der Waals surface area contributed by atoms with Crippen molar-refractivity contribution in [1.29, 1.82) is 0 Å². The quantitative estimate of drug-likeness (QED) is 0.771. The highest BCUT2D eigenvalue weighted by molar-refractivity contribution is 7.91. The maximum absolute atomic E-state index is 11.6. The lowest BCUT2D eigenvalue weighted by atomic mass is 10.1. The predicted molar refractivity (Wildman–Crippen MR) is 71.2 cm³/mol. The van der Waals surface area contributed by atoms with E-state index >= 15 is 0 Å². The minimum atomic E-state index is -3.06. The molecule has 0 aliphatic heterocycles. The summed E-state index contributed by atoms with van der Waals surface area (Å²) in [5.41, 5.74) is 0. The van der Waals surface area contributed by atoms with Crippen LogP contribution in [0, 0.1) is 0 Å². The Balaban J connectivity index is 2.83. The smallest absolute Gasteiger partial charge is 0.151 e. The molecule has 7 heteroatoms. The first-order valence-corrected chi connectivity index (χ1v) is 8.08. The van der Waals surface area contributed by atoms with Gasteiger partial charge < -0.3 is 5.32 Å². The van der Waals surface area contributed by atoms with Crippen LogP contribution in [-0.4, -0.2) is 47.8 Å². The SMILES string of the molecule is CCCn1ncnc1CC(NC)C(C)S(C)(=O)=O. The van der Waals surface area contributed by atoms with Crippen LogP contribution in [0.25, 0.3) is 0 Å². The Bertz CT molecular complexity index is 469. The maximum Gasteiger partial charge on any atom is 0.151 e. The standard InChI is InChI=1S/C11H22N4O2S/c1-5-6-15-11(13-8-14-15)7-10(12-3)9(2)18(4,16)17/h8-10,12H,5-7H2,1-4H3. The summed E-state index contributed by atoms with van der Waals surface area (Å²) in [5, 5.41) is 6.75. The number of hydrogen-bond donors (Lipinski definition) is 1. The molecular weight excluding hydrogens is 252 g/mol. The van der Waals surface area contributed by atoms with E-state index in [2.05, 4.69) is 22.3 Å². The molecule has 1 heterocycles. The lowest BCUT2D eigenvalue weighted by Gasteiger charge is -2.21. The molecule has 0 aliphatic rings. The largest absolute Gasteiger partial charge is 0.315 e. The fourth-order valence-corrected chi connectivity index (χ4v) is 2.67. The number of nitrogens with zero attached hydrogens (tertiary/aromatic N) is 3. The van der Waals surface area contributed by atoms with E-state index in [1.165, 1.54) is 12.6 Å². The molecule has 1 aromatic heterocycles. The molecule has 0 spiro atoms. The van der Waals surface area contributed by atoms with E-state index in [4.69, 9.17) is 0 Å². The molecule has 0 saturated heterocycles. The van der Waals surface area contributed by atoms with Gasteiger partial charge >= 0.3 is 0 Å². The molecule has 0 aromatic carbocycles. The molecule has 0 fully saturated rings. The predicted octanol–water partition coefficient (Wildman–Crippen LogP) is 0.252. The second-order valence-corrected chi connectivity index (χ2v) is 6.94. The highest BCUT2D eigenvalue weighted by Crippen LogP contribution is 2.10. The summed E-state index contributed by atoms with van der Waals surface area (Å²) in [6.07, 6.45) is 4.31. The Morgan fingerprint density at radius 1 is 1.50 bits per heavy atom. The van der Waals surface area contributed by atoms with Crippen molar-refractivity contribution < 1.29 is 8.42 Å². The number of sulfone groups is 1. The van der Waals surface area contributed by atoms with Crippen LogP contribution in [0.4, 0.5) is 0 Å². The summed E-state index contributed by atoms with van der Waals surface area (Å²) < 4.78 is 25.0. The van der Waals surface area contributed by atoms with E-state index in [1.54, 1.807) is 14.0 Å². The van der Waals surface area contributed by atoms with Gasteiger partial charge in [-0.3, -0.25) is 4.68 Å². The summed E-state index contributed by atoms with van der Waals surface area (Å²) in [5.74, 6) is 0.826. The molecule has 2 atom stereocenters. The van der Waals surface area contributed by atoms with E-state index in [-0.39, 0.29) is 6.04 Å². The molecule has 18 heavy (non-hydrogen) atoms. The average molecular weight is 274 g/mol. The van der Waals surface area contributed by atoms with Crippen molar-refractivity contribution in [3.05, 3.63) is 12.2 Å². The number of rotatable bonds is 7. The van der Waals surface area contributed by atoms with E-state index < -0.39 is 15.1 Å². The molecule has 0 radical (unpaired) electrons. The first-order chi connectivity index (χ1) is 8.40. The zero-order valence-corrected chi connectivity index (χ0v) is 12.2. The number of hydrogen-bond acceptors (Lipinski definition) is 5. The minimum absolute atomic E-state index is 0.153. The molecule has 1 aromatic rings. The highest BCUT2D eigenvalue weighted by atomic mass is 32.2. The molecule has 0 bridgehead atoms. The van der Waals surface area contributed by atoms with Crippen molar-refractivity contribution >= 4 is 9.84 Å². The molecule has 2 unspecified atom stereocenters. The van der Waals surface area contributed by atoms with Crippen LogP contribution >= 0.6 is 0 Å². The van der Waals surface area contributed by atoms with Gasteiger partial charge in [0.05, 0.1) is 5.25 Å². The van der Waals surface area contributed by atoms with Gasteiger partial charge in [-0.1, -0.05) is 6.92 Å². The van der Waals surface area contributed by atoms with Crippen LogP contribution in [-0.2, 0) is 22.8 Å². The summed E-state index contributed by atoms with van der Waals surface area (Å²) in [6.45, 7) is 4.59. The zero-order chi connectivity index (χ0) is 13.8. The van der Waals surface area contributed by atoms with Crippen molar-refractivity contribution in [2.45, 2.75) is 44.5 Å². The van der Waals surface area contributed by atoms with Crippen LogP contribution in [0.2, 0.25) is 0 Å². The third kappa shape index (κ3) is 3.78. The monoisotopic (exact) mass is 274 g/mol. The molecular formula is C11H22N4O2S. The Kier molecular flexibility index (Phi) is 5.28. The summed E-state index contributed by atoms with van der Waals surface area (Å²) in [6, 6.07) is -0.153. The number of likely N-dealkylation sites (N-methyl/N-ethyl adjacent to an activating group) is 1. The fourth-order valence-electron chi connectivity index (χ4n) is 1.84. The van der Waals surface area contributed by atoms with Crippen molar-refractivity contribution in [2.24, 2.45) is 0 Å². The van der Waals surface area contributed by atoms with Crippen LogP contribution in [0.3, 0.4) is 0 Å². The Morgan fingerprint density at radius 2 is 2.17 bits per heavy atom. The van der Waals surface area contributed by atoms with Gasteiger partial charge in [-0.2, -0.15) is 5.10 Å². The maximum atomic E-state index is 11.6. The average Bonchev–Trinajstić information content (AvgIpc) is 2.72.